The zero-order chi connectivity index (χ0) is 16.1. The first kappa shape index (κ1) is 15.0. The van der Waals surface area contributed by atoms with Crippen molar-refractivity contribution >= 4 is 17.5 Å². The van der Waals surface area contributed by atoms with Gasteiger partial charge < -0.3 is 10.2 Å². The first-order valence-corrected chi connectivity index (χ1v) is 7.64. The number of anilines is 3. The summed E-state index contributed by atoms with van der Waals surface area (Å²) in [6.45, 7) is 2.73. The van der Waals surface area contributed by atoms with Crippen LogP contribution in [0.1, 0.15) is 11.3 Å². The first-order valence-electron chi connectivity index (χ1n) is 7.64. The van der Waals surface area contributed by atoms with Gasteiger partial charge in [-0.3, -0.25) is 0 Å². The molecule has 23 heavy (non-hydrogen) atoms. The van der Waals surface area contributed by atoms with E-state index in [1.54, 1.807) is 0 Å². The molecule has 3 aromatic rings. The molecular weight excluding hydrogens is 284 g/mol. The molecule has 3 rings (SSSR count). The van der Waals surface area contributed by atoms with E-state index < -0.39 is 0 Å². The van der Waals surface area contributed by atoms with E-state index in [-0.39, 0.29) is 0 Å². The van der Waals surface area contributed by atoms with Gasteiger partial charge in [0.2, 0.25) is 5.95 Å². The van der Waals surface area contributed by atoms with Crippen LogP contribution >= 0.6 is 0 Å². The lowest BCUT2D eigenvalue weighted by atomic mass is 10.2. The topological polar surface area (TPSA) is 41.1 Å². The Morgan fingerprint density at radius 2 is 1.57 bits per heavy atom. The average Bonchev–Trinajstić information content (AvgIpc) is 2.60. The minimum atomic E-state index is 0.687. The van der Waals surface area contributed by atoms with Gasteiger partial charge in [0, 0.05) is 31.0 Å². The van der Waals surface area contributed by atoms with Gasteiger partial charge in [0.15, 0.2) is 0 Å². The molecule has 0 unspecified atom stereocenters. The highest BCUT2D eigenvalue weighted by molar-refractivity contribution is 5.57. The Balaban J connectivity index is 1.79. The molecule has 4 heteroatoms. The molecule has 0 bridgehead atoms. The molecule has 0 atom stereocenters. The Morgan fingerprint density at radius 3 is 2.26 bits per heavy atom. The van der Waals surface area contributed by atoms with E-state index in [0.29, 0.717) is 5.95 Å². The number of benzene rings is 2. The molecule has 0 aliphatic heterocycles. The monoisotopic (exact) mass is 304 g/mol. The minimum absolute atomic E-state index is 0.687. The lowest BCUT2D eigenvalue weighted by molar-refractivity contribution is 0.998. The third-order valence-electron chi connectivity index (χ3n) is 3.60. The number of nitrogens with one attached hydrogen (secondary N) is 1. The van der Waals surface area contributed by atoms with E-state index in [4.69, 9.17) is 0 Å². The van der Waals surface area contributed by atoms with E-state index in [2.05, 4.69) is 27.4 Å². The minimum Gasteiger partial charge on any atom is -0.366 e. The fourth-order valence-corrected chi connectivity index (χ4v) is 2.35. The van der Waals surface area contributed by atoms with E-state index in [9.17, 15) is 0 Å². The Morgan fingerprint density at radius 1 is 0.913 bits per heavy atom. The van der Waals surface area contributed by atoms with E-state index >= 15 is 0 Å². The van der Waals surface area contributed by atoms with Gasteiger partial charge in [0.05, 0.1) is 0 Å². The third kappa shape index (κ3) is 3.86. The van der Waals surface area contributed by atoms with Crippen molar-refractivity contribution in [2.45, 2.75) is 13.5 Å². The van der Waals surface area contributed by atoms with Gasteiger partial charge in [0.1, 0.15) is 5.82 Å². The molecule has 4 nitrogen and oxygen atoms in total. The molecule has 0 saturated heterocycles. The molecule has 0 aliphatic carbocycles. The second-order valence-electron chi connectivity index (χ2n) is 5.43. The van der Waals surface area contributed by atoms with Crippen LogP contribution in [0.5, 0.6) is 0 Å². The molecule has 116 valence electrons. The fraction of sp³-hybridized carbons (Fsp3) is 0.158. The standard InChI is InChI=1S/C19H20N4/c1-15-13-18(20-14-16-9-5-3-6-10-16)22-19(21-15)23(2)17-11-7-4-8-12-17/h3-13H,14H2,1-2H3,(H,20,21,22). The van der Waals surface area contributed by atoms with Crippen LogP contribution in [-0.4, -0.2) is 17.0 Å². The number of rotatable bonds is 5. The molecule has 2 aromatic carbocycles. The van der Waals surface area contributed by atoms with E-state index in [1.165, 1.54) is 5.56 Å². The molecule has 0 radical (unpaired) electrons. The maximum absolute atomic E-state index is 4.63. The second kappa shape index (κ2) is 6.92. The summed E-state index contributed by atoms with van der Waals surface area (Å²) in [5.74, 6) is 1.52. The maximum Gasteiger partial charge on any atom is 0.231 e. The van der Waals surface area contributed by atoms with Crippen LogP contribution in [0.15, 0.2) is 66.7 Å². The van der Waals surface area contributed by atoms with Gasteiger partial charge in [0.25, 0.3) is 0 Å². The predicted octanol–water partition coefficient (Wildman–Crippen LogP) is 4.17. The summed E-state index contributed by atoms with van der Waals surface area (Å²) in [6.07, 6.45) is 0. The molecule has 0 aliphatic rings. The van der Waals surface area contributed by atoms with Gasteiger partial charge in [-0.1, -0.05) is 48.5 Å². The Labute approximate surface area is 136 Å². The first-order chi connectivity index (χ1) is 11.2. The molecule has 1 aromatic heterocycles. The Bertz CT molecular complexity index is 757. The van der Waals surface area contributed by atoms with Crippen molar-refractivity contribution in [3.05, 3.63) is 78.0 Å². The Hall–Kier alpha value is -2.88. The van der Waals surface area contributed by atoms with Crippen molar-refractivity contribution in [1.82, 2.24) is 9.97 Å². The van der Waals surface area contributed by atoms with E-state index in [1.807, 2.05) is 73.5 Å². The molecule has 1 heterocycles. The Kier molecular flexibility index (Phi) is 4.52. The van der Waals surface area contributed by atoms with E-state index in [0.717, 1.165) is 23.7 Å². The summed E-state index contributed by atoms with van der Waals surface area (Å²) in [6, 6.07) is 22.4. The summed E-state index contributed by atoms with van der Waals surface area (Å²) in [4.78, 5) is 11.2. The smallest absolute Gasteiger partial charge is 0.231 e. The third-order valence-corrected chi connectivity index (χ3v) is 3.60. The number of nitrogens with zero attached hydrogens (tertiary/aromatic N) is 3. The van der Waals surface area contributed by atoms with Gasteiger partial charge in [-0.25, -0.2) is 4.98 Å². The van der Waals surface area contributed by atoms with Crippen LogP contribution in [0, 0.1) is 6.92 Å². The second-order valence-corrected chi connectivity index (χ2v) is 5.43. The lowest BCUT2D eigenvalue weighted by Crippen LogP contribution is -2.14. The normalized spacial score (nSPS) is 10.3. The lowest BCUT2D eigenvalue weighted by Gasteiger charge is -2.18. The maximum atomic E-state index is 4.63. The van der Waals surface area contributed by atoms with Crippen molar-refractivity contribution in [1.29, 1.82) is 0 Å². The number of aryl methyl sites for hydroxylation is 1. The highest BCUT2D eigenvalue weighted by Crippen LogP contribution is 2.21. The van der Waals surface area contributed by atoms with Crippen molar-refractivity contribution in [2.75, 3.05) is 17.3 Å². The quantitative estimate of drug-likeness (QED) is 0.768. The molecule has 0 saturated carbocycles. The molecule has 0 amide bonds. The SMILES string of the molecule is Cc1cc(NCc2ccccc2)nc(N(C)c2ccccc2)n1. The summed E-state index contributed by atoms with van der Waals surface area (Å²) in [5.41, 5.74) is 3.22. The summed E-state index contributed by atoms with van der Waals surface area (Å²) in [7, 11) is 1.98. The van der Waals surface area contributed by atoms with Crippen LogP contribution < -0.4 is 10.2 Å². The highest BCUT2D eigenvalue weighted by Gasteiger charge is 2.09. The molecular formula is C19H20N4. The van der Waals surface area contributed by atoms with Gasteiger partial charge in [-0.05, 0) is 24.6 Å². The zero-order valence-corrected chi connectivity index (χ0v) is 13.4. The largest absolute Gasteiger partial charge is 0.366 e. The summed E-state index contributed by atoms with van der Waals surface area (Å²) >= 11 is 0. The number of hydrogen-bond acceptors (Lipinski definition) is 4. The van der Waals surface area contributed by atoms with Crippen LogP contribution in [0.3, 0.4) is 0 Å². The van der Waals surface area contributed by atoms with Crippen LogP contribution in [0.4, 0.5) is 17.5 Å². The number of para-hydroxylation sites is 1. The van der Waals surface area contributed by atoms with Gasteiger partial charge in [-0.15, -0.1) is 0 Å². The molecule has 0 spiro atoms. The zero-order valence-electron chi connectivity index (χ0n) is 13.4. The average molecular weight is 304 g/mol. The summed E-state index contributed by atoms with van der Waals surface area (Å²) < 4.78 is 0. The predicted molar refractivity (Wildman–Crippen MR) is 95.0 cm³/mol. The van der Waals surface area contributed by atoms with Crippen molar-refractivity contribution in [3.63, 3.8) is 0 Å². The van der Waals surface area contributed by atoms with Gasteiger partial charge >= 0.3 is 0 Å². The summed E-state index contributed by atoms with van der Waals surface area (Å²) in [5, 5.41) is 3.37. The van der Waals surface area contributed by atoms with Crippen LogP contribution in [0.25, 0.3) is 0 Å². The fourth-order valence-electron chi connectivity index (χ4n) is 2.35. The molecule has 0 fully saturated rings. The van der Waals surface area contributed by atoms with Crippen LogP contribution in [-0.2, 0) is 6.54 Å². The highest BCUT2D eigenvalue weighted by atomic mass is 15.2. The van der Waals surface area contributed by atoms with Crippen molar-refractivity contribution in [2.24, 2.45) is 0 Å². The number of aromatic nitrogens is 2. The van der Waals surface area contributed by atoms with Gasteiger partial charge in [-0.2, -0.15) is 4.98 Å². The van der Waals surface area contributed by atoms with Crippen LogP contribution in [0.2, 0.25) is 0 Å². The number of hydrogen-bond donors (Lipinski definition) is 1. The van der Waals surface area contributed by atoms with Crippen molar-refractivity contribution in [3.8, 4) is 0 Å². The van der Waals surface area contributed by atoms with Crippen molar-refractivity contribution < 1.29 is 0 Å². The molecule has 1 N–H and O–H groups in total.